The maximum absolute atomic E-state index is 12.8. The molecule has 4 rings (SSSR count). The Labute approximate surface area is 260 Å². The largest absolute Gasteiger partial charge is 0.485 e. The van der Waals surface area contributed by atoms with Crippen molar-refractivity contribution in [1.82, 2.24) is 10.3 Å². The van der Waals surface area contributed by atoms with E-state index in [4.69, 9.17) is 14.5 Å². The third kappa shape index (κ3) is 7.39. The Hall–Kier alpha value is -4.39. The summed E-state index contributed by atoms with van der Waals surface area (Å²) in [5, 5.41) is 15.0. The van der Waals surface area contributed by atoms with Crippen LogP contribution in [0, 0.1) is 26.7 Å². The minimum absolute atomic E-state index is 0.140. The van der Waals surface area contributed by atoms with Gasteiger partial charge in [-0.3, -0.25) is 4.98 Å². The van der Waals surface area contributed by atoms with Crippen LogP contribution in [0.2, 0.25) is 0 Å². The van der Waals surface area contributed by atoms with Gasteiger partial charge in [-0.05, 0) is 94.3 Å². The van der Waals surface area contributed by atoms with E-state index in [1.165, 1.54) is 0 Å². The van der Waals surface area contributed by atoms with Crippen LogP contribution in [-0.2, 0) is 17.7 Å². The van der Waals surface area contributed by atoms with Crippen LogP contribution in [0.5, 0.6) is 5.75 Å². The van der Waals surface area contributed by atoms with Crippen LogP contribution < -0.4 is 10.1 Å². The van der Waals surface area contributed by atoms with E-state index >= 15 is 0 Å². The summed E-state index contributed by atoms with van der Waals surface area (Å²) in [4.78, 5) is 30.4. The van der Waals surface area contributed by atoms with Crippen molar-refractivity contribution >= 4 is 22.8 Å². The standard InChI is InChI=1S/C37H44N2O5/c1-21(2)18-30-29(20-38-36(42)44-37(7,8)9)34(26-16-14-22(3)15-17-26)33(24(5)39-30)25(6)43-31-19-27-12-10-11-13-28(27)23(4)32(31)35(40)41/h10-17,19,21,25H,18,20H2,1-9H3,(H,38,42)(H,40,41). The molecule has 2 N–H and O–H groups in total. The van der Waals surface area contributed by atoms with Gasteiger partial charge in [0.2, 0.25) is 0 Å². The van der Waals surface area contributed by atoms with Crippen LogP contribution in [0.1, 0.15) is 91.6 Å². The summed E-state index contributed by atoms with van der Waals surface area (Å²) in [6.07, 6.45) is -0.356. The lowest BCUT2D eigenvalue weighted by molar-refractivity contribution is 0.0522. The molecule has 7 heteroatoms. The van der Waals surface area contributed by atoms with Crippen molar-refractivity contribution in [3.8, 4) is 16.9 Å². The Morgan fingerprint density at radius 2 is 1.64 bits per heavy atom. The third-order valence-corrected chi connectivity index (χ3v) is 7.56. The number of aryl methyl sites for hydroxylation is 3. The Morgan fingerprint density at radius 1 is 0.977 bits per heavy atom. The van der Waals surface area contributed by atoms with Crippen LogP contribution in [0.3, 0.4) is 0 Å². The fraction of sp³-hybridized carbons (Fsp3) is 0.378. The molecule has 4 aromatic rings. The maximum Gasteiger partial charge on any atom is 0.407 e. The number of hydrogen-bond donors (Lipinski definition) is 2. The van der Waals surface area contributed by atoms with Gasteiger partial charge in [0.1, 0.15) is 23.0 Å². The highest BCUT2D eigenvalue weighted by Crippen LogP contribution is 2.40. The molecule has 0 aliphatic rings. The van der Waals surface area contributed by atoms with Gasteiger partial charge in [-0.25, -0.2) is 9.59 Å². The van der Waals surface area contributed by atoms with E-state index in [2.05, 4.69) is 43.4 Å². The summed E-state index contributed by atoms with van der Waals surface area (Å²) in [5.41, 5.74) is 6.58. The van der Waals surface area contributed by atoms with Gasteiger partial charge in [0.15, 0.2) is 0 Å². The number of pyridine rings is 1. The van der Waals surface area contributed by atoms with E-state index in [-0.39, 0.29) is 12.1 Å². The highest BCUT2D eigenvalue weighted by Gasteiger charge is 2.27. The second kappa shape index (κ2) is 13.1. The number of amides is 1. The van der Waals surface area contributed by atoms with Crippen molar-refractivity contribution in [1.29, 1.82) is 0 Å². The number of aromatic carboxylic acids is 1. The molecule has 0 saturated carbocycles. The molecule has 1 heterocycles. The lowest BCUT2D eigenvalue weighted by Gasteiger charge is -2.27. The fourth-order valence-electron chi connectivity index (χ4n) is 5.69. The average Bonchev–Trinajstić information content (AvgIpc) is 2.91. The molecular formula is C37H44N2O5. The molecule has 1 aromatic heterocycles. The first-order valence-corrected chi connectivity index (χ1v) is 15.1. The monoisotopic (exact) mass is 596 g/mol. The van der Waals surface area contributed by atoms with E-state index in [0.717, 1.165) is 50.0 Å². The topological polar surface area (TPSA) is 97.8 Å². The number of ether oxygens (including phenoxy) is 2. The molecule has 7 nitrogen and oxygen atoms in total. The summed E-state index contributed by atoms with van der Waals surface area (Å²) in [7, 11) is 0. The number of fused-ring (bicyclic) bond motifs is 1. The molecule has 0 saturated heterocycles. The third-order valence-electron chi connectivity index (χ3n) is 7.56. The SMILES string of the molecule is Cc1ccc(-c2c(CNC(=O)OC(C)(C)C)c(CC(C)C)nc(C)c2C(C)Oc2cc3ccccc3c(C)c2C(=O)O)cc1. The van der Waals surface area contributed by atoms with Crippen molar-refractivity contribution in [3.05, 3.63) is 93.8 Å². The minimum Gasteiger partial charge on any atom is -0.485 e. The van der Waals surface area contributed by atoms with E-state index in [9.17, 15) is 14.7 Å². The quantitative estimate of drug-likeness (QED) is 0.200. The van der Waals surface area contributed by atoms with Gasteiger partial charge < -0.3 is 19.9 Å². The van der Waals surface area contributed by atoms with Gasteiger partial charge >= 0.3 is 12.1 Å². The van der Waals surface area contributed by atoms with Crippen molar-refractivity contribution in [2.75, 3.05) is 0 Å². The predicted octanol–water partition coefficient (Wildman–Crippen LogP) is 8.89. The zero-order valence-corrected chi connectivity index (χ0v) is 27.3. The van der Waals surface area contributed by atoms with Gasteiger partial charge in [-0.1, -0.05) is 67.9 Å². The molecule has 44 heavy (non-hydrogen) atoms. The minimum atomic E-state index is -1.04. The molecule has 0 fully saturated rings. The van der Waals surface area contributed by atoms with Gasteiger partial charge in [0, 0.05) is 29.1 Å². The molecule has 232 valence electrons. The average molecular weight is 597 g/mol. The number of benzene rings is 3. The summed E-state index contributed by atoms with van der Waals surface area (Å²) in [5.74, 6) is -0.417. The van der Waals surface area contributed by atoms with Gasteiger partial charge in [-0.2, -0.15) is 0 Å². The fourth-order valence-corrected chi connectivity index (χ4v) is 5.69. The number of aromatic nitrogens is 1. The lowest BCUT2D eigenvalue weighted by atomic mass is 9.88. The Bertz CT molecular complexity index is 1680. The molecule has 0 spiro atoms. The van der Waals surface area contributed by atoms with Gasteiger partial charge in [0.05, 0.1) is 0 Å². The van der Waals surface area contributed by atoms with E-state index in [1.807, 2.05) is 72.7 Å². The number of carboxylic acids is 1. The predicted molar refractivity (Wildman–Crippen MR) is 175 cm³/mol. The van der Waals surface area contributed by atoms with Crippen LogP contribution in [0.25, 0.3) is 21.9 Å². The zero-order chi connectivity index (χ0) is 32.3. The normalized spacial score (nSPS) is 12.3. The summed E-state index contributed by atoms with van der Waals surface area (Å²) < 4.78 is 12.1. The zero-order valence-electron chi connectivity index (χ0n) is 27.3. The number of rotatable bonds is 9. The Kier molecular flexibility index (Phi) is 9.67. The first-order chi connectivity index (χ1) is 20.7. The van der Waals surface area contributed by atoms with Crippen LogP contribution in [0.15, 0.2) is 54.6 Å². The smallest absolute Gasteiger partial charge is 0.407 e. The van der Waals surface area contributed by atoms with E-state index in [1.54, 1.807) is 6.07 Å². The van der Waals surface area contributed by atoms with E-state index < -0.39 is 23.8 Å². The second-order valence-electron chi connectivity index (χ2n) is 12.9. The number of carboxylic acid groups (broad SMARTS) is 1. The summed E-state index contributed by atoms with van der Waals surface area (Å²) in [6.45, 7) is 17.7. The molecule has 1 amide bonds. The number of alkyl carbamates (subject to hydrolysis) is 1. The summed E-state index contributed by atoms with van der Waals surface area (Å²) in [6, 6.07) is 17.8. The van der Waals surface area contributed by atoms with Crippen molar-refractivity contribution in [2.45, 2.75) is 87.0 Å². The molecule has 0 bridgehead atoms. The highest BCUT2D eigenvalue weighted by molar-refractivity contribution is 6.00. The summed E-state index contributed by atoms with van der Waals surface area (Å²) >= 11 is 0. The van der Waals surface area contributed by atoms with Gasteiger partial charge in [0.25, 0.3) is 0 Å². The maximum atomic E-state index is 12.8. The molecular weight excluding hydrogens is 552 g/mol. The van der Waals surface area contributed by atoms with Gasteiger partial charge in [-0.15, -0.1) is 0 Å². The first-order valence-electron chi connectivity index (χ1n) is 15.1. The Balaban J connectivity index is 1.91. The Morgan fingerprint density at radius 3 is 2.25 bits per heavy atom. The number of carbonyl (C=O) groups excluding carboxylic acids is 1. The van der Waals surface area contributed by atoms with Crippen LogP contribution >= 0.6 is 0 Å². The van der Waals surface area contributed by atoms with Crippen LogP contribution in [0.4, 0.5) is 4.79 Å². The molecule has 0 aliphatic heterocycles. The van der Waals surface area contributed by atoms with Crippen LogP contribution in [-0.4, -0.2) is 27.8 Å². The molecule has 0 aliphatic carbocycles. The van der Waals surface area contributed by atoms with E-state index in [0.29, 0.717) is 23.7 Å². The number of nitrogens with one attached hydrogen (secondary N) is 1. The van der Waals surface area contributed by atoms with Crippen molar-refractivity contribution in [3.63, 3.8) is 0 Å². The molecule has 1 atom stereocenters. The lowest BCUT2D eigenvalue weighted by Crippen LogP contribution is -2.32. The first kappa shape index (κ1) is 32.5. The highest BCUT2D eigenvalue weighted by atomic mass is 16.6. The van der Waals surface area contributed by atoms with Crippen molar-refractivity contribution in [2.24, 2.45) is 5.92 Å². The second-order valence-corrected chi connectivity index (χ2v) is 12.9. The van der Waals surface area contributed by atoms with Crippen molar-refractivity contribution < 1.29 is 24.2 Å². The number of carbonyl (C=O) groups is 2. The molecule has 1 unspecified atom stereocenters. The number of nitrogens with zero attached hydrogens (tertiary/aromatic N) is 1. The number of hydrogen-bond acceptors (Lipinski definition) is 5. The molecule has 0 radical (unpaired) electrons. The molecule has 3 aromatic carbocycles.